The Bertz CT molecular complexity index is 666. The third-order valence-electron chi connectivity index (χ3n) is 3.43. The van der Waals surface area contributed by atoms with E-state index in [1.165, 1.54) is 7.11 Å². The van der Waals surface area contributed by atoms with E-state index in [4.69, 9.17) is 0 Å². The standard InChI is InChI=1S/C16H20N2O4/c1-10-7-11(2)18(17-10)13-6-4-5-12(8-13)16(21)14(19)9-15(20)22-3/h4-8,14,16,19,21H,9H2,1-3H3. The number of esters is 1. The zero-order valence-electron chi connectivity index (χ0n) is 12.9. The summed E-state index contributed by atoms with van der Waals surface area (Å²) in [6.45, 7) is 3.84. The molecule has 0 aliphatic rings. The molecule has 0 aliphatic carbocycles. The van der Waals surface area contributed by atoms with Gasteiger partial charge in [-0.2, -0.15) is 5.10 Å². The normalized spacial score (nSPS) is 13.7. The number of aromatic nitrogens is 2. The van der Waals surface area contributed by atoms with Crippen LogP contribution in [0.3, 0.4) is 0 Å². The molecule has 2 aromatic rings. The highest BCUT2D eigenvalue weighted by molar-refractivity contribution is 5.69. The van der Waals surface area contributed by atoms with E-state index < -0.39 is 18.2 Å². The highest BCUT2D eigenvalue weighted by atomic mass is 16.5. The van der Waals surface area contributed by atoms with Crippen LogP contribution < -0.4 is 0 Å². The predicted octanol–water partition coefficient (Wildman–Crippen LogP) is 1.45. The number of methoxy groups -OCH3 is 1. The van der Waals surface area contributed by atoms with Gasteiger partial charge in [-0.1, -0.05) is 12.1 Å². The maximum atomic E-state index is 11.2. The number of hydrogen-bond donors (Lipinski definition) is 2. The Hall–Kier alpha value is -2.18. The molecule has 1 heterocycles. The summed E-state index contributed by atoms with van der Waals surface area (Å²) >= 11 is 0. The minimum Gasteiger partial charge on any atom is -0.469 e. The summed E-state index contributed by atoms with van der Waals surface area (Å²) < 4.78 is 6.26. The molecule has 0 bridgehead atoms. The lowest BCUT2D eigenvalue weighted by molar-refractivity contribution is -0.144. The lowest BCUT2D eigenvalue weighted by Crippen LogP contribution is -2.22. The van der Waals surface area contributed by atoms with Crippen molar-refractivity contribution in [1.29, 1.82) is 0 Å². The highest BCUT2D eigenvalue weighted by Crippen LogP contribution is 2.22. The molecule has 0 spiro atoms. The lowest BCUT2D eigenvalue weighted by atomic mass is 10.0. The van der Waals surface area contributed by atoms with Crippen LogP contribution in [0.5, 0.6) is 0 Å². The van der Waals surface area contributed by atoms with Gasteiger partial charge in [0, 0.05) is 5.69 Å². The van der Waals surface area contributed by atoms with Crippen molar-refractivity contribution in [2.75, 3.05) is 7.11 Å². The van der Waals surface area contributed by atoms with Crippen molar-refractivity contribution in [3.63, 3.8) is 0 Å². The fraction of sp³-hybridized carbons (Fsp3) is 0.375. The number of hydrogen-bond acceptors (Lipinski definition) is 5. The van der Waals surface area contributed by atoms with Crippen molar-refractivity contribution in [2.45, 2.75) is 32.5 Å². The van der Waals surface area contributed by atoms with Crippen molar-refractivity contribution < 1.29 is 19.7 Å². The molecule has 118 valence electrons. The summed E-state index contributed by atoms with van der Waals surface area (Å²) in [7, 11) is 1.24. The van der Waals surface area contributed by atoms with E-state index in [1.807, 2.05) is 26.0 Å². The van der Waals surface area contributed by atoms with Crippen LogP contribution >= 0.6 is 0 Å². The van der Waals surface area contributed by atoms with Gasteiger partial charge in [0.15, 0.2) is 0 Å². The molecule has 2 atom stereocenters. The zero-order valence-corrected chi connectivity index (χ0v) is 12.9. The Balaban J connectivity index is 2.24. The van der Waals surface area contributed by atoms with E-state index in [0.29, 0.717) is 5.56 Å². The minimum absolute atomic E-state index is 0.262. The molecule has 6 heteroatoms. The van der Waals surface area contributed by atoms with E-state index in [2.05, 4.69) is 9.84 Å². The second-order valence-corrected chi connectivity index (χ2v) is 5.23. The van der Waals surface area contributed by atoms with Crippen molar-refractivity contribution >= 4 is 5.97 Å². The maximum Gasteiger partial charge on any atom is 0.308 e. The van der Waals surface area contributed by atoms with Gasteiger partial charge in [-0.3, -0.25) is 4.79 Å². The highest BCUT2D eigenvalue weighted by Gasteiger charge is 2.22. The fourth-order valence-corrected chi connectivity index (χ4v) is 2.32. The molecule has 0 radical (unpaired) electrons. The number of nitrogens with zero attached hydrogens (tertiary/aromatic N) is 2. The van der Waals surface area contributed by atoms with E-state index in [1.54, 1.807) is 22.9 Å². The van der Waals surface area contributed by atoms with Crippen molar-refractivity contribution in [3.8, 4) is 5.69 Å². The number of benzene rings is 1. The molecule has 0 amide bonds. The molecular weight excluding hydrogens is 284 g/mol. The minimum atomic E-state index is -1.22. The molecule has 0 saturated heterocycles. The Morgan fingerprint density at radius 3 is 2.64 bits per heavy atom. The maximum absolute atomic E-state index is 11.2. The number of ether oxygens (including phenoxy) is 1. The van der Waals surface area contributed by atoms with Gasteiger partial charge in [0.05, 0.1) is 31.0 Å². The van der Waals surface area contributed by atoms with Crippen LogP contribution in [0, 0.1) is 13.8 Å². The van der Waals surface area contributed by atoms with E-state index >= 15 is 0 Å². The first-order chi connectivity index (χ1) is 10.4. The molecule has 1 aromatic heterocycles. The number of aryl methyl sites for hydroxylation is 2. The first-order valence-corrected chi connectivity index (χ1v) is 6.99. The molecule has 6 nitrogen and oxygen atoms in total. The topological polar surface area (TPSA) is 84.6 Å². The largest absolute Gasteiger partial charge is 0.469 e. The molecule has 0 fully saturated rings. The smallest absolute Gasteiger partial charge is 0.308 e. The summed E-state index contributed by atoms with van der Waals surface area (Å²) in [6.07, 6.45) is -2.65. The fourth-order valence-electron chi connectivity index (χ4n) is 2.32. The summed E-state index contributed by atoms with van der Waals surface area (Å²) in [5.74, 6) is -0.568. The first-order valence-electron chi connectivity index (χ1n) is 6.99. The van der Waals surface area contributed by atoms with Gasteiger partial charge in [0.25, 0.3) is 0 Å². The summed E-state index contributed by atoms with van der Waals surface area (Å²) in [5, 5.41) is 24.5. The molecule has 0 saturated carbocycles. The molecule has 22 heavy (non-hydrogen) atoms. The van der Waals surface area contributed by atoms with Gasteiger partial charge in [-0.05, 0) is 37.6 Å². The van der Waals surface area contributed by atoms with Crippen LogP contribution in [0.25, 0.3) is 5.69 Å². The Labute approximate surface area is 129 Å². The first kappa shape index (κ1) is 16.2. The number of carbonyl (C=O) groups is 1. The average molecular weight is 304 g/mol. The number of aliphatic hydroxyl groups excluding tert-OH is 2. The monoisotopic (exact) mass is 304 g/mol. The summed E-state index contributed by atoms with van der Waals surface area (Å²) in [4.78, 5) is 11.2. The van der Waals surface area contributed by atoms with E-state index in [9.17, 15) is 15.0 Å². The van der Waals surface area contributed by atoms with Gasteiger partial charge in [0.1, 0.15) is 6.10 Å². The van der Waals surface area contributed by atoms with Crippen LogP contribution in [-0.4, -0.2) is 39.2 Å². The molecule has 2 N–H and O–H groups in total. The Kier molecular flexibility index (Phi) is 4.95. The zero-order chi connectivity index (χ0) is 16.3. The lowest BCUT2D eigenvalue weighted by Gasteiger charge is -2.18. The van der Waals surface area contributed by atoms with Crippen molar-refractivity contribution in [1.82, 2.24) is 9.78 Å². The molecule has 1 aromatic carbocycles. The quantitative estimate of drug-likeness (QED) is 0.817. The van der Waals surface area contributed by atoms with Gasteiger partial charge in [-0.15, -0.1) is 0 Å². The number of aliphatic hydroxyl groups is 2. The van der Waals surface area contributed by atoms with Crippen LogP contribution in [-0.2, 0) is 9.53 Å². The van der Waals surface area contributed by atoms with E-state index in [0.717, 1.165) is 17.1 Å². The third kappa shape index (κ3) is 3.52. The van der Waals surface area contributed by atoms with Crippen LogP contribution in [0.1, 0.15) is 29.5 Å². The summed E-state index contributed by atoms with van der Waals surface area (Å²) in [6, 6.07) is 9.03. The van der Waals surface area contributed by atoms with Crippen LogP contribution in [0.15, 0.2) is 30.3 Å². The summed E-state index contributed by atoms with van der Waals surface area (Å²) in [5.41, 5.74) is 3.17. The third-order valence-corrected chi connectivity index (χ3v) is 3.43. The molecule has 2 unspecified atom stereocenters. The van der Waals surface area contributed by atoms with Gasteiger partial charge >= 0.3 is 5.97 Å². The number of rotatable bonds is 5. The molecule has 0 aliphatic heterocycles. The second-order valence-electron chi connectivity index (χ2n) is 5.23. The average Bonchev–Trinajstić information content (AvgIpc) is 2.85. The molecule has 2 rings (SSSR count). The van der Waals surface area contributed by atoms with Crippen LogP contribution in [0.2, 0.25) is 0 Å². The second kappa shape index (κ2) is 6.72. The number of carbonyl (C=O) groups excluding carboxylic acids is 1. The van der Waals surface area contributed by atoms with Crippen molar-refractivity contribution in [3.05, 3.63) is 47.3 Å². The van der Waals surface area contributed by atoms with Gasteiger partial charge in [-0.25, -0.2) is 4.68 Å². The Morgan fingerprint density at radius 1 is 1.32 bits per heavy atom. The predicted molar refractivity (Wildman–Crippen MR) is 80.6 cm³/mol. The van der Waals surface area contributed by atoms with Gasteiger partial charge in [0.2, 0.25) is 0 Å². The van der Waals surface area contributed by atoms with Crippen molar-refractivity contribution in [2.24, 2.45) is 0 Å². The van der Waals surface area contributed by atoms with Crippen LogP contribution in [0.4, 0.5) is 0 Å². The van der Waals surface area contributed by atoms with E-state index in [-0.39, 0.29) is 6.42 Å². The Morgan fingerprint density at radius 2 is 2.05 bits per heavy atom. The van der Waals surface area contributed by atoms with Gasteiger partial charge < -0.3 is 14.9 Å². The SMILES string of the molecule is COC(=O)CC(O)C(O)c1cccc(-n2nc(C)cc2C)c1. The molecular formula is C16H20N2O4.